The van der Waals surface area contributed by atoms with Gasteiger partial charge in [0, 0.05) is 24.7 Å². The highest BCUT2D eigenvalue weighted by Crippen LogP contribution is 2.19. The predicted molar refractivity (Wildman–Crippen MR) is 79.2 cm³/mol. The van der Waals surface area contributed by atoms with Gasteiger partial charge in [-0.05, 0) is 31.0 Å². The van der Waals surface area contributed by atoms with E-state index in [0.29, 0.717) is 31.5 Å². The first-order chi connectivity index (χ1) is 11.3. The number of alkyl halides is 3. The molecule has 128 valence electrons. The van der Waals surface area contributed by atoms with Crippen LogP contribution < -0.4 is 5.32 Å². The molecule has 24 heavy (non-hydrogen) atoms. The third kappa shape index (κ3) is 3.34. The topological polar surface area (TPSA) is 78.1 Å². The van der Waals surface area contributed by atoms with Crippen molar-refractivity contribution in [2.45, 2.75) is 25.1 Å². The molecular weight excluding hydrogens is 325 g/mol. The zero-order chi connectivity index (χ0) is 17.3. The summed E-state index contributed by atoms with van der Waals surface area (Å²) in [6.07, 6.45) is -2.76. The normalized spacial score (nSPS) is 16.4. The second kappa shape index (κ2) is 6.14. The molecule has 9 heteroatoms. The Hall–Kier alpha value is -2.58. The van der Waals surface area contributed by atoms with Crippen molar-refractivity contribution in [1.29, 1.82) is 0 Å². The lowest BCUT2D eigenvalue weighted by atomic mass is 10.0. The van der Waals surface area contributed by atoms with E-state index in [0.717, 1.165) is 11.0 Å². The van der Waals surface area contributed by atoms with Crippen molar-refractivity contribution in [3.8, 4) is 0 Å². The van der Waals surface area contributed by atoms with Gasteiger partial charge < -0.3 is 15.2 Å². The molecule has 1 fully saturated rings. The number of hydrogen-bond acceptors (Lipinski definition) is 3. The van der Waals surface area contributed by atoms with Crippen LogP contribution in [0.2, 0.25) is 0 Å². The molecule has 0 saturated carbocycles. The summed E-state index contributed by atoms with van der Waals surface area (Å²) in [6, 6.07) is 4.53. The molecule has 1 aromatic carbocycles. The molecule has 2 N–H and O–H groups in total. The monoisotopic (exact) mass is 340 g/mol. The summed E-state index contributed by atoms with van der Waals surface area (Å²) < 4.78 is 36.7. The molecule has 1 aliphatic heterocycles. The summed E-state index contributed by atoms with van der Waals surface area (Å²) in [7, 11) is 0. The van der Waals surface area contributed by atoms with Crippen molar-refractivity contribution in [3.05, 3.63) is 30.1 Å². The molecule has 1 saturated heterocycles. The molecule has 0 spiro atoms. The Morgan fingerprint density at radius 3 is 2.62 bits per heavy atom. The largest absolute Gasteiger partial charge is 0.471 e. The number of carbonyl (C=O) groups excluding carboxylic acids is 2. The minimum Gasteiger partial charge on any atom is -0.345 e. The van der Waals surface area contributed by atoms with E-state index < -0.39 is 18.1 Å². The van der Waals surface area contributed by atoms with Gasteiger partial charge in [-0.3, -0.25) is 9.59 Å². The van der Waals surface area contributed by atoms with E-state index >= 15 is 0 Å². The van der Waals surface area contributed by atoms with E-state index in [1.807, 2.05) is 5.32 Å². The molecule has 2 aromatic rings. The van der Waals surface area contributed by atoms with Crippen LogP contribution in [-0.4, -0.2) is 52.0 Å². The Balaban J connectivity index is 1.60. The summed E-state index contributed by atoms with van der Waals surface area (Å²) in [6.45, 7) is 0.589. The van der Waals surface area contributed by atoms with Gasteiger partial charge in [0.15, 0.2) is 0 Å². The fourth-order valence-corrected chi connectivity index (χ4v) is 2.75. The summed E-state index contributed by atoms with van der Waals surface area (Å²) in [5.74, 6) is -2.12. The van der Waals surface area contributed by atoms with Crippen LogP contribution in [0.4, 0.5) is 13.2 Å². The van der Waals surface area contributed by atoms with Gasteiger partial charge in [-0.25, -0.2) is 4.98 Å². The van der Waals surface area contributed by atoms with Crippen LogP contribution in [0.25, 0.3) is 11.0 Å². The van der Waals surface area contributed by atoms with E-state index in [4.69, 9.17) is 0 Å². The van der Waals surface area contributed by atoms with Crippen LogP contribution in [0.5, 0.6) is 0 Å². The zero-order valence-electron chi connectivity index (χ0n) is 12.6. The van der Waals surface area contributed by atoms with Crippen LogP contribution in [0, 0.1) is 0 Å². The number of nitrogens with one attached hydrogen (secondary N) is 2. The fraction of sp³-hybridized carbons (Fsp3) is 0.400. The van der Waals surface area contributed by atoms with E-state index in [-0.39, 0.29) is 5.91 Å². The Morgan fingerprint density at radius 1 is 1.25 bits per heavy atom. The molecule has 6 nitrogen and oxygen atoms in total. The average Bonchev–Trinajstić information content (AvgIpc) is 3.01. The third-order valence-electron chi connectivity index (χ3n) is 4.04. The lowest BCUT2D eigenvalue weighted by Gasteiger charge is -2.32. The molecule has 0 radical (unpaired) electrons. The molecule has 1 aromatic heterocycles. The minimum absolute atomic E-state index is 0.188. The Labute approximate surface area is 135 Å². The van der Waals surface area contributed by atoms with E-state index in [1.165, 1.54) is 6.33 Å². The second-order valence-corrected chi connectivity index (χ2v) is 5.67. The first kappa shape index (κ1) is 16.3. The average molecular weight is 340 g/mol. The van der Waals surface area contributed by atoms with Gasteiger partial charge >= 0.3 is 12.1 Å². The highest BCUT2D eigenvalue weighted by atomic mass is 19.4. The van der Waals surface area contributed by atoms with E-state index in [2.05, 4.69) is 9.97 Å². The summed E-state index contributed by atoms with van der Waals surface area (Å²) in [5, 5.41) is 1.96. The maximum atomic E-state index is 12.5. The number of H-pyrrole nitrogens is 1. The Morgan fingerprint density at radius 2 is 1.96 bits per heavy atom. The number of fused-ring (bicyclic) bond motifs is 1. The molecule has 0 unspecified atom stereocenters. The maximum absolute atomic E-state index is 12.5. The SMILES string of the molecule is O=C(c1ccc2nc[nH]c2c1)N1CCC(NC(=O)C(F)(F)F)CC1. The lowest BCUT2D eigenvalue weighted by Crippen LogP contribution is -2.49. The van der Waals surface area contributed by atoms with Gasteiger partial charge in [-0.2, -0.15) is 13.2 Å². The zero-order valence-corrected chi connectivity index (χ0v) is 12.6. The van der Waals surface area contributed by atoms with E-state index in [1.54, 1.807) is 23.1 Å². The standard InChI is InChI=1S/C15H15F3N4O2/c16-15(17,18)14(24)21-10-3-5-22(6-4-10)13(23)9-1-2-11-12(7-9)20-8-19-11/h1-2,7-8,10H,3-6H2,(H,19,20)(H,21,24). The van der Waals surface area contributed by atoms with Gasteiger partial charge in [-0.15, -0.1) is 0 Å². The molecule has 2 amide bonds. The lowest BCUT2D eigenvalue weighted by molar-refractivity contribution is -0.174. The number of likely N-dealkylation sites (tertiary alicyclic amines) is 1. The summed E-state index contributed by atoms with van der Waals surface area (Å²) in [4.78, 5) is 32.0. The number of nitrogens with zero attached hydrogens (tertiary/aromatic N) is 2. The van der Waals surface area contributed by atoms with Gasteiger partial charge in [-0.1, -0.05) is 0 Å². The van der Waals surface area contributed by atoms with E-state index in [9.17, 15) is 22.8 Å². The number of hydrogen-bond donors (Lipinski definition) is 2. The first-order valence-electron chi connectivity index (χ1n) is 7.44. The second-order valence-electron chi connectivity index (χ2n) is 5.67. The molecule has 3 rings (SSSR count). The van der Waals surface area contributed by atoms with Crippen molar-refractivity contribution in [2.75, 3.05) is 13.1 Å². The first-order valence-corrected chi connectivity index (χ1v) is 7.44. The molecular formula is C15H15F3N4O2. The van der Waals surface area contributed by atoms with Crippen LogP contribution >= 0.6 is 0 Å². The van der Waals surface area contributed by atoms with Gasteiger partial charge in [0.1, 0.15) is 0 Å². The van der Waals surface area contributed by atoms with Gasteiger partial charge in [0.05, 0.1) is 17.4 Å². The fourth-order valence-electron chi connectivity index (χ4n) is 2.75. The third-order valence-corrected chi connectivity index (χ3v) is 4.04. The maximum Gasteiger partial charge on any atom is 0.471 e. The van der Waals surface area contributed by atoms with Gasteiger partial charge in [0.25, 0.3) is 5.91 Å². The molecule has 1 aliphatic rings. The number of aromatic nitrogens is 2. The number of amides is 2. The molecule has 0 atom stereocenters. The number of aromatic amines is 1. The Kier molecular flexibility index (Phi) is 4.16. The van der Waals surface area contributed by atoms with Crippen molar-refractivity contribution < 1.29 is 22.8 Å². The highest BCUT2D eigenvalue weighted by Gasteiger charge is 2.40. The van der Waals surface area contributed by atoms with Crippen molar-refractivity contribution in [1.82, 2.24) is 20.2 Å². The number of halogens is 3. The molecule has 0 aliphatic carbocycles. The number of imidazole rings is 1. The number of benzene rings is 1. The highest BCUT2D eigenvalue weighted by molar-refractivity contribution is 5.97. The van der Waals surface area contributed by atoms with Crippen LogP contribution in [0.3, 0.4) is 0 Å². The van der Waals surface area contributed by atoms with Crippen molar-refractivity contribution in [3.63, 3.8) is 0 Å². The smallest absolute Gasteiger partial charge is 0.345 e. The quantitative estimate of drug-likeness (QED) is 0.876. The summed E-state index contributed by atoms with van der Waals surface area (Å²) >= 11 is 0. The van der Waals surface area contributed by atoms with Gasteiger partial charge in [0.2, 0.25) is 0 Å². The molecule has 0 bridgehead atoms. The summed E-state index contributed by atoms with van der Waals surface area (Å²) in [5.41, 5.74) is 1.98. The predicted octanol–water partition coefficient (Wildman–Crippen LogP) is 1.85. The number of carbonyl (C=O) groups is 2. The number of piperidine rings is 1. The minimum atomic E-state index is -4.88. The number of rotatable bonds is 2. The van der Waals surface area contributed by atoms with Crippen molar-refractivity contribution in [2.24, 2.45) is 0 Å². The van der Waals surface area contributed by atoms with Crippen LogP contribution in [-0.2, 0) is 4.79 Å². The van der Waals surface area contributed by atoms with Crippen LogP contribution in [0.1, 0.15) is 23.2 Å². The molecule has 2 heterocycles. The van der Waals surface area contributed by atoms with Crippen molar-refractivity contribution >= 4 is 22.8 Å². The van der Waals surface area contributed by atoms with Crippen LogP contribution in [0.15, 0.2) is 24.5 Å². The Bertz CT molecular complexity index is 763.